The van der Waals surface area contributed by atoms with Crippen LogP contribution in [-0.2, 0) is 66.5 Å². The standard InChI is InChI=1S/C47H70O17/c1-22-42(60-26(5)49)34(51)18-39(56-22)64-44-24(3)57-40(20-36(44)63-41-19-35(59-25(4)48)43(23(2)58-41)61-27(6)50)62-30-11-13-45(7)29(16-30)9-10-32-33(45)17-37(52)46(8)31(12-14-47(32,46)54)28-15-38(53)55-21-28/h15,22-24,29-37,39-44,51-52,54H,9-14,16-21H2,1-8H3/t22-,23-,24-,29-,30+,31-,32-,33+,34+,35+,36+,37-,39-,40-,41-,42-,43-,44-,45+,46+,47?/m1/s1. The largest absolute Gasteiger partial charge is 0.458 e. The molecule has 0 spiro atoms. The van der Waals surface area contributed by atoms with Crippen LogP contribution < -0.4 is 0 Å². The molecule has 0 amide bonds. The van der Waals surface area contributed by atoms with Crippen LogP contribution in [0.15, 0.2) is 11.6 Å². The first-order valence-electron chi connectivity index (χ1n) is 23.6. The van der Waals surface area contributed by atoms with Crippen LogP contribution >= 0.6 is 0 Å². The Bertz CT molecular complexity index is 1780. The highest BCUT2D eigenvalue weighted by atomic mass is 16.8. The van der Waals surface area contributed by atoms with E-state index in [1.807, 2.05) is 13.8 Å². The summed E-state index contributed by atoms with van der Waals surface area (Å²) < 4.78 is 60.7. The van der Waals surface area contributed by atoms with Crippen LogP contribution in [-0.4, -0.2) is 137 Å². The van der Waals surface area contributed by atoms with Crippen molar-refractivity contribution in [2.45, 2.75) is 218 Å². The van der Waals surface area contributed by atoms with Crippen molar-refractivity contribution in [2.75, 3.05) is 6.61 Å². The predicted molar refractivity (Wildman–Crippen MR) is 221 cm³/mol. The van der Waals surface area contributed by atoms with Crippen LogP contribution in [0.5, 0.6) is 0 Å². The van der Waals surface area contributed by atoms with Crippen molar-refractivity contribution < 1.29 is 81.9 Å². The summed E-state index contributed by atoms with van der Waals surface area (Å²) in [4.78, 5) is 47.9. The summed E-state index contributed by atoms with van der Waals surface area (Å²) in [5, 5.41) is 35.7. The lowest BCUT2D eigenvalue weighted by molar-refractivity contribution is -0.344. The Labute approximate surface area is 375 Å². The maximum absolute atomic E-state index is 12.7. The maximum Gasteiger partial charge on any atom is 0.331 e. The molecule has 4 aliphatic heterocycles. The SMILES string of the molecule is CC(=O)O[C@H]1[C@@H](OC(C)=O)C[C@@H](O[C@H]2C[C@@H](O[C@H]3CC[C@@]4(C)[C@H](CC[C@@H]5[C@@H]4C[C@@H](O)[C@]4(C)[C@@H](C6=CC(=O)OC6)CCC54O)C3)O[C@H](C)[C@H]2O[C@@H]2C[C@H](O)[C@H](OC(C)=O)[C@@H](C)O2)O[C@@H]1C. The number of aliphatic hydroxyl groups excluding tert-OH is 2. The predicted octanol–water partition coefficient (Wildman–Crippen LogP) is 3.93. The van der Waals surface area contributed by atoms with Gasteiger partial charge in [-0.1, -0.05) is 13.8 Å². The van der Waals surface area contributed by atoms with Crippen LogP contribution in [0.4, 0.5) is 0 Å². The second kappa shape index (κ2) is 18.4. The molecule has 3 N–H and O–H groups in total. The lowest BCUT2D eigenvalue weighted by Crippen LogP contribution is -2.67. The number of hydrogen-bond acceptors (Lipinski definition) is 17. The zero-order chi connectivity index (χ0) is 46.0. The van der Waals surface area contributed by atoms with Gasteiger partial charge < -0.3 is 62.7 Å². The molecule has 8 rings (SSSR count). The van der Waals surface area contributed by atoms with Gasteiger partial charge in [-0.15, -0.1) is 0 Å². The van der Waals surface area contributed by atoms with E-state index in [1.54, 1.807) is 19.9 Å². The van der Waals surface area contributed by atoms with Gasteiger partial charge in [0.2, 0.25) is 0 Å². The van der Waals surface area contributed by atoms with Gasteiger partial charge in [-0.05, 0) is 107 Å². The van der Waals surface area contributed by atoms with E-state index in [-0.39, 0.29) is 61.1 Å². The van der Waals surface area contributed by atoms with Crippen LogP contribution in [0.1, 0.15) is 126 Å². The van der Waals surface area contributed by atoms with Crippen molar-refractivity contribution in [1.82, 2.24) is 0 Å². The summed E-state index contributed by atoms with van der Waals surface area (Å²) >= 11 is 0. The highest BCUT2D eigenvalue weighted by molar-refractivity contribution is 5.85. The van der Waals surface area contributed by atoms with Gasteiger partial charge in [-0.25, -0.2) is 4.79 Å². The molecule has 0 bridgehead atoms. The molecular formula is C47H70O17. The van der Waals surface area contributed by atoms with Crippen molar-refractivity contribution in [2.24, 2.45) is 34.5 Å². The number of fused-ring (bicyclic) bond motifs is 5. The molecule has 17 heteroatoms. The number of hydrogen-bond donors (Lipinski definition) is 3. The number of carbonyl (C=O) groups is 4. The highest BCUT2D eigenvalue weighted by Gasteiger charge is 2.71. The number of ether oxygens (including phenoxy) is 10. The first-order chi connectivity index (χ1) is 30.2. The smallest absolute Gasteiger partial charge is 0.331 e. The molecule has 7 fully saturated rings. The number of cyclic esters (lactones) is 1. The molecule has 21 atom stereocenters. The number of aliphatic hydroxyl groups is 3. The molecular weight excluding hydrogens is 837 g/mol. The average molecular weight is 907 g/mol. The normalized spacial score (nSPS) is 49.0. The quantitative estimate of drug-likeness (QED) is 0.161. The first kappa shape index (κ1) is 47.7. The zero-order valence-corrected chi connectivity index (χ0v) is 38.5. The van der Waals surface area contributed by atoms with E-state index < -0.39 is 109 Å². The van der Waals surface area contributed by atoms with E-state index in [9.17, 15) is 34.5 Å². The summed E-state index contributed by atoms with van der Waals surface area (Å²) in [7, 11) is 0. The fourth-order valence-corrected chi connectivity index (χ4v) is 13.7. The van der Waals surface area contributed by atoms with Crippen molar-refractivity contribution in [1.29, 1.82) is 0 Å². The van der Waals surface area contributed by atoms with Crippen LogP contribution in [0, 0.1) is 34.5 Å². The molecule has 0 aromatic carbocycles. The third-order valence-electron chi connectivity index (χ3n) is 16.8. The van der Waals surface area contributed by atoms with E-state index in [4.69, 9.17) is 47.4 Å². The molecule has 360 valence electrons. The number of esters is 4. The summed E-state index contributed by atoms with van der Waals surface area (Å²) in [6, 6.07) is 0. The molecule has 0 aromatic rings. The average Bonchev–Trinajstić information content (AvgIpc) is 3.76. The molecule has 0 aromatic heterocycles. The van der Waals surface area contributed by atoms with Gasteiger partial charge in [0.05, 0.1) is 48.3 Å². The Hall–Kier alpha value is -2.74. The Balaban J connectivity index is 0.958. The van der Waals surface area contributed by atoms with Gasteiger partial charge in [-0.2, -0.15) is 0 Å². The van der Waals surface area contributed by atoms with Crippen LogP contribution in [0.2, 0.25) is 0 Å². The first-order valence-corrected chi connectivity index (χ1v) is 23.6. The Morgan fingerprint density at radius 2 is 1.28 bits per heavy atom. The van der Waals surface area contributed by atoms with E-state index in [0.717, 1.165) is 37.7 Å². The fourth-order valence-electron chi connectivity index (χ4n) is 13.7. The van der Waals surface area contributed by atoms with Gasteiger partial charge >= 0.3 is 23.9 Å². The molecule has 3 saturated heterocycles. The minimum atomic E-state index is -1.06. The van der Waals surface area contributed by atoms with E-state index in [1.165, 1.54) is 20.8 Å². The second-order valence-electron chi connectivity index (χ2n) is 20.6. The van der Waals surface area contributed by atoms with Gasteiger partial charge in [-0.3, -0.25) is 14.4 Å². The molecule has 17 nitrogen and oxygen atoms in total. The second-order valence-corrected chi connectivity index (χ2v) is 20.6. The maximum atomic E-state index is 12.7. The Morgan fingerprint density at radius 1 is 0.672 bits per heavy atom. The lowest BCUT2D eigenvalue weighted by atomic mass is 9.42. The molecule has 0 radical (unpaired) electrons. The van der Waals surface area contributed by atoms with Gasteiger partial charge in [0.1, 0.15) is 18.8 Å². The van der Waals surface area contributed by atoms with Gasteiger partial charge in [0, 0.05) is 51.5 Å². The summed E-state index contributed by atoms with van der Waals surface area (Å²) in [5.74, 6) is -1.62. The third-order valence-corrected chi connectivity index (χ3v) is 16.8. The third kappa shape index (κ3) is 8.91. The lowest BCUT2D eigenvalue weighted by Gasteiger charge is -2.65. The molecule has 8 aliphatic rings. The molecule has 4 heterocycles. The van der Waals surface area contributed by atoms with Crippen LogP contribution in [0.25, 0.3) is 0 Å². The Kier molecular flexibility index (Phi) is 13.7. The molecule has 1 unspecified atom stereocenters. The van der Waals surface area contributed by atoms with E-state index in [0.29, 0.717) is 25.2 Å². The number of carbonyl (C=O) groups excluding carboxylic acids is 4. The van der Waals surface area contributed by atoms with E-state index >= 15 is 0 Å². The van der Waals surface area contributed by atoms with Gasteiger partial charge in [0.25, 0.3) is 0 Å². The topological polar surface area (TPSA) is 221 Å². The molecule has 64 heavy (non-hydrogen) atoms. The Morgan fingerprint density at radius 3 is 1.92 bits per heavy atom. The molecule has 4 saturated carbocycles. The molecule has 4 aliphatic carbocycles. The van der Waals surface area contributed by atoms with Crippen LogP contribution in [0.3, 0.4) is 0 Å². The summed E-state index contributed by atoms with van der Waals surface area (Å²) in [6.07, 6.45) is -2.32. The highest BCUT2D eigenvalue weighted by Crippen LogP contribution is 2.70. The van der Waals surface area contributed by atoms with Crippen molar-refractivity contribution in [3.8, 4) is 0 Å². The van der Waals surface area contributed by atoms with Crippen molar-refractivity contribution in [3.63, 3.8) is 0 Å². The monoisotopic (exact) mass is 906 g/mol. The zero-order valence-electron chi connectivity index (χ0n) is 38.5. The van der Waals surface area contributed by atoms with E-state index in [2.05, 4.69) is 6.92 Å². The minimum absolute atomic E-state index is 0.0277. The summed E-state index contributed by atoms with van der Waals surface area (Å²) in [6.45, 7) is 13.7. The minimum Gasteiger partial charge on any atom is -0.458 e. The van der Waals surface area contributed by atoms with Gasteiger partial charge in [0.15, 0.2) is 31.1 Å². The summed E-state index contributed by atoms with van der Waals surface area (Å²) in [5.41, 5.74) is -1.07. The number of rotatable bonds is 10. The fraction of sp³-hybridized carbons (Fsp3) is 0.872. The van der Waals surface area contributed by atoms with Crippen molar-refractivity contribution in [3.05, 3.63) is 11.6 Å². The van der Waals surface area contributed by atoms with Crippen molar-refractivity contribution >= 4 is 23.9 Å².